The molecule has 5 nitrogen and oxygen atoms in total. The summed E-state index contributed by atoms with van der Waals surface area (Å²) in [7, 11) is 0. The Balaban J connectivity index is 1.91. The minimum Gasteiger partial charge on any atom is -0.341 e. The van der Waals surface area contributed by atoms with Crippen molar-refractivity contribution in [3.05, 3.63) is 72.3 Å². The molecule has 0 saturated heterocycles. The molecular formula is C22H29N5. The van der Waals surface area contributed by atoms with Gasteiger partial charge in [0, 0.05) is 12.7 Å². The van der Waals surface area contributed by atoms with Crippen LogP contribution in [0, 0.1) is 6.92 Å². The lowest BCUT2D eigenvalue weighted by Gasteiger charge is -2.30. The van der Waals surface area contributed by atoms with Crippen LogP contribution < -0.4 is 5.73 Å². The first-order valence-electron chi connectivity index (χ1n) is 9.63. The molecule has 0 aliphatic carbocycles. The number of rotatable bonds is 10. The van der Waals surface area contributed by atoms with E-state index in [2.05, 4.69) is 40.5 Å². The third kappa shape index (κ3) is 4.81. The molecule has 0 saturated carbocycles. The van der Waals surface area contributed by atoms with Gasteiger partial charge in [-0.25, -0.2) is 4.98 Å². The summed E-state index contributed by atoms with van der Waals surface area (Å²) in [5, 5.41) is 0. The normalized spacial score (nSPS) is 12.6. The van der Waals surface area contributed by atoms with Gasteiger partial charge in [-0.15, -0.1) is 6.58 Å². The number of benzene rings is 1. The first kappa shape index (κ1) is 19.3. The van der Waals surface area contributed by atoms with Crippen LogP contribution in [0.1, 0.15) is 42.4 Å². The first-order chi connectivity index (χ1) is 13.2. The van der Waals surface area contributed by atoms with Crippen LogP contribution in [-0.2, 0) is 6.54 Å². The quantitative estimate of drug-likeness (QED) is 0.420. The maximum Gasteiger partial charge on any atom is 0.125 e. The van der Waals surface area contributed by atoms with E-state index in [0.717, 1.165) is 54.9 Å². The zero-order chi connectivity index (χ0) is 19.1. The molecule has 3 rings (SSSR count). The summed E-state index contributed by atoms with van der Waals surface area (Å²) in [6, 6.07) is 12.4. The third-order valence-corrected chi connectivity index (χ3v) is 4.92. The molecule has 0 fully saturated rings. The zero-order valence-electron chi connectivity index (χ0n) is 16.1. The van der Waals surface area contributed by atoms with Crippen LogP contribution >= 0.6 is 0 Å². The van der Waals surface area contributed by atoms with Crippen molar-refractivity contribution in [1.82, 2.24) is 19.9 Å². The van der Waals surface area contributed by atoms with E-state index in [9.17, 15) is 0 Å². The summed E-state index contributed by atoms with van der Waals surface area (Å²) in [6.07, 6.45) is 6.73. The van der Waals surface area contributed by atoms with Crippen molar-refractivity contribution in [1.29, 1.82) is 0 Å². The number of imidazole rings is 1. The van der Waals surface area contributed by atoms with E-state index >= 15 is 0 Å². The second kappa shape index (κ2) is 9.44. The predicted molar refractivity (Wildman–Crippen MR) is 111 cm³/mol. The topological polar surface area (TPSA) is 70.8 Å². The standard InChI is InChI=1S/C22H29N5/c1-3-9-21(22-25-18-11-4-5-12-19(18)26-22)27(15-7-6-13-23)16-20-17(2)10-8-14-24-20/h3-5,8,10-12,14,21H,1,6-7,9,13,15-16,23H2,2H3,(H,25,26). The Labute approximate surface area is 161 Å². The number of hydrogen-bond donors (Lipinski definition) is 2. The van der Waals surface area contributed by atoms with Gasteiger partial charge in [0.25, 0.3) is 0 Å². The number of pyridine rings is 1. The van der Waals surface area contributed by atoms with Crippen LogP contribution in [0.2, 0.25) is 0 Å². The van der Waals surface area contributed by atoms with Crippen LogP contribution in [0.3, 0.4) is 0 Å². The second-order valence-electron chi connectivity index (χ2n) is 6.91. The van der Waals surface area contributed by atoms with Gasteiger partial charge in [0.15, 0.2) is 0 Å². The Bertz CT molecular complexity index is 837. The monoisotopic (exact) mass is 363 g/mol. The van der Waals surface area contributed by atoms with Crippen molar-refractivity contribution >= 4 is 11.0 Å². The van der Waals surface area contributed by atoms with Gasteiger partial charge in [0.05, 0.1) is 22.8 Å². The predicted octanol–water partition coefficient (Wildman–Crippen LogP) is 4.12. The zero-order valence-corrected chi connectivity index (χ0v) is 16.1. The van der Waals surface area contributed by atoms with Crippen LogP contribution in [0.5, 0.6) is 0 Å². The molecule has 3 N–H and O–H groups in total. The Morgan fingerprint density at radius 2 is 2.07 bits per heavy atom. The molecule has 27 heavy (non-hydrogen) atoms. The van der Waals surface area contributed by atoms with E-state index in [1.165, 1.54) is 5.56 Å². The van der Waals surface area contributed by atoms with Crippen molar-refractivity contribution in [2.75, 3.05) is 13.1 Å². The maximum atomic E-state index is 5.72. The van der Waals surface area contributed by atoms with Gasteiger partial charge in [0.2, 0.25) is 0 Å². The Morgan fingerprint density at radius 3 is 2.81 bits per heavy atom. The lowest BCUT2D eigenvalue weighted by Crippen LogP contribution is -2.31. The number of unbranched alkanes of at least 4 members (excludes halogenated alkanes) is 1. The number of aromatic amines is 1. The maximum absolute atomic E-state index is 5.72. The fraction of sp³-hybridized carbons (Fsp3) is 0.364. The van der Waals surface area contributed by atoms with Gasteiger partial charge in [-0.05, 0) is 63.0 Å². The highest BCUT2D eigenvalue weighted by atomic mass is 15.2. The molecule has 1 atom stereocenters. The van der Waals surface area contributed by atoms with Crippen molar-refractivity contribution in [2.24, 2.45) is 5.73 Å². The summed E-state index contributed by atoms with van der Waals surface area (Å²) in [4.78, 5) is 15.4. The molecule has 0 amide bonds. The average Bonchev–Trinajstić information content (AvgIpc) is 3.11. The van der Waals surface area contributed by atoms with Gasteiger partial charge in [-0.3, -0.25) is 9.88 Å². The molecule has 142 valence electrons. The van der Waals surface area contributed by atoms with E-state index in [1.807, 2.05) is 36.5 Å². The molecule has 1 aromatic carbocycles. The van der Waals surface area contributed by atoms with E-state index < -0.39 is 0 Å². The molecule has 3 aromatic rings. The number of aryl methyl sites for hydroxylation is 1. The van der Waals surface area contributed by atoms with Gasteiger partial charge < -0.3 is 10.7 Å². The van der Waals surface area contributed by atoms with E-state index in [-0.39, 0.29) is 6.04 Å². The molecule has 0 bridgehead atoms. The molecule has 2 aromatic heterocycles. The summed E-state index contributed by atoms with van der Waals surface area (Å²) in [5.74, 6) is 0.984. The second-order valence-corrected chi connectivity index (χ2v) is 6.91. The van der Waals surface area contributed by atoms with Crippen LogP contribution in [0.25, 0.3) is 11.0 Å². The molecule has 0 aliphatic rings. The number of fused-ring (bicyclic) bond motifs is 1. The molecule has 1 unspecified atom stereocenters. The summed E-state index contributed by atoms with van der Waals surface area (Å²) in [6.45, 7) is 8.54. The largest absolute Gasteiger partial charge is 0.341 e. The minimum atomic E-state index is 0.133. The molecule has 0 spiro atoms. The molecule has 0 radical (unpaired) electrons. The van der Waals surface area contributed by atoms with E-state index in [4.69, 9.17) is 10.7 Å². The Morgan fingerprint density at radius 1 is 1.22 bits per heavy atom. The van der Waals surface area contributed by atoms with Crippen molar-refractivity contribution in [2.45, 2.75) is 38.8 Å². The van der Waals surface area contributed by atoms with Crippen molar-refractivity contribution in [3.63, 3.8) is 0 Å². The highest BCUT2D eigenvalue weighted by molar-refractivity contribution is 5.74. The number of hydrogen-bond acceptors (Lipinski definition) is 4. The fourth-order valence-corrected chi connectivity index (χ4v) is 3.40. The smallest absolute Gasteiger partial charge is 0.125 e. The molecule has 0 aliphatic heterocycles. The number of nitrogens with zero attached hydrogens (tertiary/aromatic N) is 3. The number of nitrogens with one attached hydrogen (secondary N) is 1. The molecule has 5 heteroatoms. The summed E-state index contributed by atoms with van der Waals surface area (Å²) >= 11 is 0. The number of para-hydroxylation sites is 2. The number of H-pyrrole nitrogens is 1. The summed E-state index contributed by atoms with van der Waals surface area (Å²) < 4.78 is 0. The van der Waals surface area contributed by atoms with E-state index in [1.54, 1.807) is 0 Å². The Hall–Kier alpha value is -2.50. The number of nitrogens with two attached hydrogens (primary N) is 1. The minimum absolute atomic E-state index is 0.133. The lowest BCUT2D eigenvalue weighted by molar-refractivity contribution is 0.176. The van der Waals surface area contributed by atoms with Gasteiger partial charge in [-0.1, -0.05) is 24.3 Å². The highest BCUT2D eigenvalue weighted by Crippen LogP contribution is 2.27. The Kier molecular flexibility index (Phi) is 6.74. The average molecular weight is 364 g/mol. The van der Waals surface area contributed by atoms with Gasteiger partial charge >= 0.3 is 0 Å². The van der Waals surface area contributed by atoms with Crippen molar-refractivity contribution < 1.29 is 0 Å². The summed E-state index contributed by atoms with van der Waals surface area (Å²) in [5.41, 5.74) is 10.1. The van der Waals surface area contributed by atoms with Gasteiger partial charge in [0.1, 0.15) is 5.82 Å². The van der Waals surface area contributed by atoms with Gasteiger partial charge in [-0.2, -0.15) is 0 Å². The molecule has 2 heterocycles. The van der Waals surface area contributed by atoms with Crippen LogP contribution in [0.4, 0.5) is 0 Å². The lowest BCUT2D eigenvalue weighted by atomic mass is 10.1. The SMILES string of the molecule is C=CCC(c1nc2ccccc2[nH]1)N(CCCCN)Cc1ncccc1C. The van der Waals surface area contributed by atoms with E-state index in [0.29, 0.717) is 6.54 Å². The van der Waals surface area contributed by atoms with Crippen LogP contribution in [-0.4, -0.2) is 32.9 Å². The number of aromatic nitrogens is 3. The third-order valence-electron chi connectivity index (χ3n) is 4.92. The highest BCUT2D eigenvalue weighted by Gasteiger charge is 2.23. The molecular weight excluding hydrogens is 334 g/mol. The first-order valence-corrected chi connectivity index (χ1v) is 9.63. The fourth-order valence-electron chi connectivity index (χ4n) is 3.40. The van der Waals surface area contributed by atoms with Crippen molar-refractivity contribution in [3.8, 4) is 0 Å². The van der Waals surface area contributed by atoms with Crippen LogP contribution in [0.15, 0.2) is 55.3 Å².